The average molecular weight is 221 g/mol. The molecule has 0 saturated heterocycles. The van der Waals surface area contributed by atoms with E-state index in [2.05, 4.69) is 44.6 Å². The molecule has 0 aromatic carbocycles. The molecule has 1 heterocycles. The number of aryl methyl sites for hydroxylation is 1. The van der Waals surface area contributed by atoms with E-state index in [0.29, 0.717) is 6.04 Å². The predicted molar refractivity (Wildman–Crippen MR) is 70.7 cm³/mol. The second kappa shape index (κ2) is 4.32. The number of pyridine rings is 1. The van der Waals surface area contributed by atoms with Crippen LogP contribution in [0.1, 0.15) is 33.3 Å². The van der Waals surface area contributed by atoms with Gasteiger partial charge in [-0.15, -0.1) is 0 Å². The van der Waals surface area contributed by atoms with Crippen LogP contribution in [0.3, 0.4) is 0 Å². The number of nitrogens with zero attached hydrogens (tertiary/aromatic N) is 2. The van der Waals surface area contributed by atoms with E-state index in [-0.39, 0.29) is 5.41 Å². The van der Waals surface area contributed by atoms with Crippen molar-refractivity contribution in [2.75, 3.05) is 17.7 Å². The Morgan fingerprint density at radius 3 is 2.38 bits per heavy atom. The quantitative estimate of drug-likeness (QED) is 0.835. The van der Waals surface area contributed by atoms with Crippen molar-refractivity contribution in [3.05, 3.63) is 17.8 Å². The standard InChI is InChI=1S/C13H23N3/c1-9-7-11(14)8-15-12(9)16(6)10(2)13(3,4)5/h7-8,10H,14H2,1-6H3. The van der Waals surface area contributed by atoms with Crippen LogP contribution < -0.4 is 10.6 Å². The lowest BCUT2D eigenvalue weighted by atomic mass is 9.87. The Morgan fingerprint density at radius 1 is 1.38 bits per heavy atom. The third-order valence-electron chi connectivity index (χ3n) is 3.24. The Morgan fingerprint density at radius 2 is 1.94 bits per heavy atom. The molecule has 0 spiro atoms. The third-order valence-corrected chi connectivity index (χ3v) is 3.24. The van der Waals surface area contributed by atoms with Crippen molar-refractivity contribution >= 4 is 11.5 Å². The van der Waals surface area contributed by atoms with E-state index < -0.39 is 0 Å². The number of nitrogens with two attached hydrogens (primary N) is 1. The first-order chi connectivity index (χ1) is 7.23. The largest absolute Gasteiger partial charge is 0.397 e. The number of nitrogen functional groups attached to an aromatic ring is 1. The van der Waals surface area contributed by atoms with Crippen molar-refractivity contribution in [2.24, 2.45) is 5.41 Å². The molecule has 0 bridgehead atoms. The highest BCUT2D eigenvalue weighted by Crippen LogP contribution is 2.28. The van der Waals surface area contributed by atoms with Gasteiger partial charge in [0.05, 0.1) is 11.9 Å². The predicted octanol–water partition coefficient (Wildman–Crippen LogP) is 2.84. The van der Waals surface area contributed by atoms with Gasteiger partial charge < -0.3 is 10.6 Å². The fraction of sp³-hybridized carbons (Fsp3) is 0.615. The average Bonchev–Trinajstić information content (AvgIpc) is 2.14. The molecule has 1 aromatic rings. The summed E-state index contributed by atoms with van der Waals surface area (Å²) >= 11 is 0. The van der Waals surface area contributed by atoms with Crippen LogP contribution in [-0.4, -0.2) is 18.1 Å². The van der Waals surface area contributed by atoms with E-state index in [0.717, 1.165) is 17.1 Å². The fourth-order valence-corrected chi connectivity index (χ4v) is 1.72. The molecular formula is C13H23N3. The van der Waals surface area contributed by atoms with Gasteiger partial charge in [0.15, 0.2) is 0 Å². The molecule has 0 amide bonds. The molecule has 16 heavy (non-hydrogen) atoms. The summed E-state index contributed by atoms with van der Waals surface area (Å²) in [7, 11) is 2.08. The number of aromatic nitrogens is 1. The van der Waals surface area contributed by atoms with E-state index in [9.17, 15) is 0 Å². The molecule has 1 aromatic heterocycles. The first-order valence-corrected chi connectivity index (χ1v) is 5.68. The van der Waals surface area contributed by atoms with Gasteiger partial charge in [0.2, 0.25) is 0 Å². The maximum Gasteiger partial charge on any atom is 0.131 e. The van der Waals surface area contributed by atoms with Crippen molar-refractivity contribution in [3.8, 4) is 0 Å². The zero-order valence-electron chi connectivity index (χ0n) is 11.2. The van der Waals surface area contributed by atoms with Gasteiger partial charge in [-0.05, 0) is 30.9 Å². The van der Waals surface area contributed by atoms with Crippen molar-refractivity contribution in [3.63, 3.8) is 0 Å². The molecule has 0 radical (unpaired) electrons. The minimum atomic E-state index is 0.226. The van der Waals surface area contributed by atoms with E-state index in [1.54, 1.807) is 6.20 Å². The number of hydrogen-bond acceptors (Lipinski definition) is 3. The highest BCUT2D eigenvalue weighted by atomic mass is 15.2. The first-order valence-electron chi connectivity index (χ1n) is 5.68. The van der Waals surface area contributed by atoms with Crippen molar-refractivity contribution in [1.82, 2.24) is 4.98 Å². The highest BCUT2D eigenvalue weighted by molar-refractivity contribution is 5.52. The summed E-state index contributed by atoms with van der Waals surface area (Å²) in [6.07, 6.45) is 1.72. The monoisotopic (exact) mass is 221 g/mol. The summed E-state index contributed by atoms with van der Waals surface area (Å²) in [6, 6.07) is 2.39. The zero-order chi connectivity index (χ0) is 12.5. The lowest BCUT2D eigenvalue weighted by Gasteiger charge is -2.36. The van der Waals surface area contributed by atoms with Gasteiger partial charge in [-0.2, -0.15) is 0 Å². The topological polar surface area (TPSA) is 42.1 Å². The van der Waals surface area contributed by atoms with Gasteiger partial charge in [0.1, 0.15) is 5.82 Å². The van der Waals surface area contributed by atoms with Crippen LogP contribution in [-0.2, 0) is 0 Å². The van der Waals surface area contributed by atoms with Crippen LogP contribution in [0.5, 0.6) is 0 Å². The van der Waals surface area contributed by atoms with Crippen LogP contribution in [0.2, 0.25) is 0 Å². The van der Waals surface area contributed by atoms with Crippen molar-refractivity contribution < 1.29 is 0 Å². The molecule has 1 unspecified atom stereocenters. The van der Waals surface area contributed by atoms with Gasteiger partial charge in [-0.25, -0.2) is 4.98 Å². The molecule has 0 aliphatic carbocycles. The second-order valence-corrected chi connectivity index (χ2v) is 5.56. The lowest BCUT2D eigenvalue weighted by Crippen LogP contribution is -2.40. The fourth-order valence-electron chi connectivity index (χ4n) is 1.72. The molecule has 2 N–H and O–H groups in total. The van der Waals surface area contributed by atoms with Gasteiger partial charge >= 0.3 is 0 Å². The van der Waals surface area contributed by atoms with Crippen LogP contribution >= 0.6 is 0 Å². The Balaban J connectivity index is 3.01. The molecule has 0 aliphatic rings. The zero-order valence-corrected chi connectivity index (χ0v) is 11.2. The lowest BCUT2D eigenvalue weighted by molar-refractivity contribution is 0.328. The van der Waals surface area contributed by atoms with Crippen LogP contribution in [0.25, 0.3) is 0 Å². The maximum atomic E-state index is 5.71. The Bertz CT molecular complexity index is 366. The normalized spacial score (nSPS) is 13.6. The van der Waals surface area contributed by atoms with Crippen LogP contribution in [0.4, 0.5) is 11.5 Å². The number of rotatable bonds is 2. The molecule has 90 valence electrons. The summed E-state index contributed by atoms with van der Waals surface area (Å²) in [5.74, 6) is 1.01. The van der Waals surface area contributed by atoms with E-state index in [4.69, 9.17) is 5.73 Å². The highest BCUT2D eigenvalue weighted by Gasteiger charge is 2.25. The Labute approximate surface area is 98.7 Å². The third kappa shape index (κ3) is 2.65. The first kappa shape index (κ1) is 12.8. The number of hydrogen-bond donors (Lipinski definition) is 1. The Kier molecular flexibility index (Phi) is 3.46. The minimum absolute atomic E-state index is 0.226. The van der Waals surface area contributed by atoms with E-state index in [1.165, 1.54) is 0 Å². The smallest absolute Gasteiger partial charge is 0.131 e. The van der Waals surface area contributed by atoms with Crippen LogP contribution in [0.15, 0.2) is 12.3 Å². The Hall–Kier alpha value is -1.25. The maximum absolute atomic E-state index is 5.71. The molecule has 3 nitrogen and oxygen atoms in total. The summed E-state index contributed by atoms with van der Waals surface area (Å²) in [5, 5.41) is 0. The van der Waals surface area contributed by atoms with Crippen LogP contribution in [0, 0.1) is 12.3 Å². The van der Waals surface area contributed by atoms with Crippen molar-refractivity contribution in [1.29, 1.82) is 0 Å². The van der Waals surface area contributed by atoms with Crippen molar-refractivity contribution in [2.45, 2.75) is 40.7 Å². The van der Waals surface area contributed by atoms with Gasteiger partial charge in [-0.3, -0.25) is 0 Å². The summed E-state index contributed by atoms with van der Waals surface area (Å²) < 4.78 is 0. The molecule has 1 atom stereocenters. The SMILES string of the molecule is Cc1cc(N)cnc1N(C)C(C)C(C)(C)C. The van der Waals surface area contributed by atoms with E-state index in [1.807, 2.05) is 13.0 Å². The molecular weight excluding hydrogens is 198 g/mol. The number of anilines is 2. The summed E-state index contributed by atoms with van der Waals surface area (Å²) in [4.78, 5) is 6.63. The molecule has 0 fully saturated rings. The molecule has 0 saturated carbocycles. The second-order valence-electron chi connectivity index (χ2n) is 5.56. The van der Waals surface area contributed by atoms with Gasteiger partial charge in [0.25, 0.3) is 0 Å². The summed E-state index contributed by atoms with van der Waals surface area (Å²) in [5.41, 5.74) is 7.78. The van der Waals surface area contributed by atoms with Gasteiger partial charge in [-0.1, -0.05) is 20.8 Å². The molecule has 0 aliphatic heterocycles. The minimum Gasteiger partial charge on any atom is -0.397 e. The van der Waals surface area contributed by atoms with E-state index >= 15 is 0 Å². The van der Waals surface area contributed by atoms with Gasteiger partial charge in [0, 0.05) is 13.1 Å². The molecule has 3 heteroatoms. The molecule has 1 rings (SSSR count). The summed E-state index contributed by atoms with van der Waals surface area (Å²) in [6.45, 7) is 11.0.